The van der Waals surface area contributed by atoms with Crippen molar-refractivity contribution in [3.05, 3.63) is 30.6 Å². The standard InChI is InChI=1S/C24H32N8O/c1-30-9-11-32(12-10-30)15-17-3-5-18(6-4-17)23(33)27-24-25-14-20-8-7-19(13-21(20)26-24)22-16-31(2)29-28-22/h7-8,13-14,16-18H,3-6,9-12,15H2,1-2H3,(H,25,26,27,33)/t17-,18-. The number of piperazine rings is 1. The lowest BCUT2D eigenvalue weighted by atomic mass is 9.81. The van der Waals surface area contributed by atoms with Crippen LogP contribution in [-0.2, 0) is 11.8 Å². The molecule has 0 spiro atoms. The van der Waals surface area contributed by atoms with Gasteiger partial charge in [0.15, 0.2) is 0 Å². The first-order valence-corrected chi connectivity index (χ1v) is 11.9. The fourth-order valence-corrected chi connectivity index (χ4v) is 4.94. The number of likely N-dealkylation sites (N-methyl/N-ethyl adjacent to an activating group) is 1. The normalized spacial score (nSPS) is 22.5. The summed E-state index contributed by atoms with van der Waals surface area (Å²) in [6.45, 7) is 5.81. The lowest BCUT2D eigenvalue weighted by Gasteiger charge is -2.36. The summed E-state index contributed by atoms with van der Waals surface area (Å²) in [6, 6.07) is 5.90. The first-order valence-electron chi connectivity index (χ1n) is 11.9. The Balaban J connectivity index is 1.18. The number of carbonyl (C=O) groups is 1. The van der Waals surface area contributed by atoms with E-state index in [-0.39, 0.29) is 11.8 Å². The van der Waals surface area contributed by atoms with Gasteiger partial charge in [0.05, 0.1) is 11.7 Å². The molecule has 5 rings (SSSR count). The highest BCUT2D eigenvalue weighted by molar-refractivity contribution is 5.92. The molecule has 1 saturated carbocycles. The summed E-state index contributed by atoms with van der Waals surface area (Å²) in [6.07, 6.45) is 7.73. The third-order valence-corrected chi connectivity index (χ3v) is 7.05. The van der Waals surface area contributed by atoms with Crippen molar-refractivity contribution in [1.82, 2.24) is 34.8 Å². The Kier molecular flexibility index (Phi) is 6.32. The van der Waals surface area contributed by atoms with Gasteiger partial charge in [-0.15, -0.1) is 5.10 Å². The maximum atomic E-state index is 12.9. The monoisotopic (exact) mass is 448 g/mol. The molecule has 1 aliphatic heterocycles. The number of amides is 1. The minimum absolute atomic E-state index is 0.0393. The fourth-order valence-electron chi connectivity index (χ4n) is 4.94. The van der Waals surface area contributed by atoms with Gasteiger partial charge >= 0.3 is 0 Å². The van der Waals surface area contributed by atoms with Crippen molar-refractivity contribution in [2.24, 2.45) is 18.9 Å². The molecule has 0 radical (unpaired) electrons. The molecular weight excluding hydrogens is 416 g/mol. The van der Waals surface area contributed by atoms with E-state index in [0.29, 0.717) is 11.9 Å². The average Bonchev–Trinajstić information content (AvgIpc) is 3.27. The Hall–Kier alpha value is -2.91. The molecule has 9 heteroatoms. The second kappa shape index (κ2) is 9.52. The van der Waals surface area contributed by atoms with Crippen LogP contribution in [0.3, 0.4) is 0 Å². The molecule has 1 saturated heterocycles. The van der Waals surface area contributed by atoms with Gasteiger partial charge in [0.25, 0.3) is 0 Å². The predicted molar refractivity (Wildman–Crippen MR) is 128 cm³/mol. The Morgan fingerprint density at radius 1 is 1.09 bits per heavy atom. The molecule has 2 fully saturated rings. The molecule has 1 aromatic carbocycles. The average molecular weight is 449 g/mol. The number of aryl methyl sites for hydroxylation is 1. The second-order valence-electron chi connectivity index (χ2n) is 9.56. The van der Waals surface area contributed by atoms with Gasteiger partial charge in [-0.05, 0) is 44.7 Å². The van der Waals surface area contributed by atoms with Crippen molar-refractivity contribution in [2.45, 2.75) is 25.7 Å². The van der Waals surface area contributed by atoms with Gasteiger partial charge in [-0.3, -0.25) is 14.8 Å². The topological polar surface area (TPSA) is 92.1 Å². The highest BCUT2D eigenvalue weighted by Crippen LogP contribution is 2.30. The summed E-state index contributed by atoms with van der Waals surface area (Å²) in [7, 11) is 4.03. The van der Waals surface area contributed by atoms with E-state index in [4.69, 9.17) is 0 Å². The number of hydrogen-bond acceptors (Lipinski definition) is 7. The van der Waals surface area contributed by atoms with E-state index in [1.54, 1.807) is 10.9 Å². The van der Waals surface area contributed by atoms with Crippen LogP contribution in [0.2, 0.25) is 0 Å². The van der Waals surface area contributed by atoms with Gasteiger partial charge in [-0.2, -0.15) is 0 Å². The van der Waals surface area contributed by atoms with Crippen molar-refractivity contribution < 1.29 is 4.79 Å². The molecule has 174 valence electrons. The lowest BCUT2D eigenvalue weighted by molar-refractivity contribution is -0.121. The van der Waals surface area contributed by atoms with Gasteiger partial charge < -0.3 is 9.80 Å². The summed E-state index contributed by atoms with van der Waals surface area (Å²) in [5.41, 5.74) is 2.50. The zero-order valence-electron chi connectivity index (χ0n) is 19.4. The molecule has 2 aliphatic rings. The number of fused-ring (bicyclic) bond motifs is 1. The molecule has 2 aromatic heterocycles. The maximum absolute atomic E-state index is 12.9. The number of anilines is 1. The number of rotatable bonds is 5. The number of hydrogen-bond donors (Lipinski definition) is 1. The summed E-state index contributed by atoms with van der Waals surface area (Å²) in [5, 5.41) is 12.0. The molecule has 1 aliphatic carbocycles. The third kappa shape index (κ3) is 5.20. The van der Waals surface area contributed by atoms with Crippen LogP contribution < -0.4 is 5.32 Å². The van der Waals surface area contributed by atoms with E-state index in [9.17, 15) is 4.79 Å². The van der Waals surface area contributed by atoms with Crippen LogP contribution in [0.15, 0.2) is 30.6 Å². The molecule has 0 atom stereocenters. The Bertz CT molecular complexity index is 1110. The second-order valence-corrected chi connectivity index (χ2v) is 9.56. The summed E-state index contributed by atoms with van der Waals surface area (Å²) in [4.78, 5) is 26.8. The van der Waals surface area contributed by atoms with Gasteiger partial charge in [-0.1, -0.05) is 17.3 Å². The molecule has 3 aromatic rings. The summed E-state index contributed by atoms with van der Waals surface area (Å²) >= 11 is 0. The minimum Gasteiger partial charge on any atom is -0.304 e. The highest BCUT2D eigenvalue weighted by Gasteiger charge is 2.28. The smallest absolute Gasteiger partial charge is 0.229 e. The Morgan fingerprint density at radius 2 is 1.88 bits per heavy atom. The van der Waals surface area contributed by atoms with Crippen LogP contribution in [0.4, 0.5) is 5.95 Å². The SMILES string of the molecule is CN1CCN(C[C@H]2CC[C@H](C(=O)Nc3ncc4ccc(-c5cn(C)nn5)cc4n3)CC2)CC1. The van der Waals surface area contributed by atoms with Crippen LogP contribution in [0.5, 0.6) is 0 Å². The van der Waals surface area contributed by atoms with Crippen LogP contribution in [0.1, 0.15) is 25.7 Å². The van der Waals surface area contributed by atoms with Crippen LogP contribution in [0.25, 0.3) is 22.2 Å². The Morgan fingerprint density at radius 3 is 2.61 bits per heavy atom. The van der Waals surface area contributed by atoms with Crippen molar-refractivity contribution in [2.75, 3.05) is 45.1 Å². The number of nitrogens with one attached hydrogen (secondary N) is 1. The van der Waals surface area contributed by atoms with E-state index in [1.807, 2.05) is 31.4 Å². The number of aromatic nitrogens is 5. The van der Waals surface area contributed by atoms with Crippen molar-refractivity contribution in [3.63, 3.8) is 0 Å². The van der Waals surface area contributed by atoms with Crippen molar-refractivity contribution in [3.8, 4) is 11.3 Å². The zero-order chi connectivity index (χ0) is 22.8. The molecule has 3 heterocycles. The van der Waals surface area contributed by atoms with Crippen molar-refractivity contribution >= 4 is 22.8 Å². The summed E-state index contributed by atoms with van der Waals surface area (Å²) < 4.78 is 1.67. The van der Waals surface area contributed by atoms with Crippen LogP contribution in [0, 0.1) is 11.8 Å². The lowest BCUT2D eigenvalue weighted by Crippen LogP contribution is -2.46. The van der Waals surface area contributed by atoms with Gasteiger partial charge in [0.2, 0.25) is 11.9 Å². The Labute approximate surface area is 194 Å². The van der Waals surface area contributed by atoms with E-state index in [2.05, 4.69) is 42.4 Å². The first kappa shape index (κ1) is 21.9. The molecule has 0 bridgehead atoms. The summed E-state index contributed by atoms with van der Waals surface area (Å²) in [5.74, 6) is 1.15. The van der Waals surface area contributed by atoms with Crippen LogP contribution in [-0.4, -0.2) is 80.4 Å². The maximum Gasteiger partial charge on any atom is 0.229 e. The zero-order valence-corrected chi connectivity index (χ0v) is 19.4. The van der Waals surface area contributed by atoms with E-state index in [1.165, 1.54) is 6.54 Å². The predicted octanol–water partition coefficient (Wildman–Crippen LogP) is 2.42. The first-order chi connectivity index (χ1) is 16.0. The molecule has 0 unspecified atom stereocenters. The fraction of sp³-hybridized carbons (Fsp3) is 0.542. The van der Waals surface area contributed by atoms with E-state index < -0.39 is 0 Å². The minimum atomic E-state index is 0.0393. The molecule has 1 amide bonds. The van der Waals surface area contributed by atoms with E-state index >= 15 is 0 Å². The number of carbonyl (C=O) groups excluding carboxylic acids is 1. The van der Waals surface area contributed by atoms with Crippen molar-refractivity contribution in [1.29, 1.82) is 0 Å². The molecule has 9 nitrogen and oxygen atoms in total. The molecular formula is C24H32N8O. The third-order valence-electron chi connectivity index (χ3n) is 7.05. The highest BCUT2D eigenvalue weighted by atomic mass is 16.2. The van der Waals surface area contributed by atoms with Gasteiger partial charge in [-0.25, -0.2) is 9.97 Å². The van der Waals surface area contributed by atoms with Gasteiger partial charge in [0.1, 0.15) is 5.69 Å². The molecule has 1 N–H and O–H groups in total. The van der Waals surface area contributed by atoms with E-state index in [0.717, 1.165) is 74.0 Å². The quantitative estimate of drug-likeness (QED) is 0.641. The molecule has 33 heavy (non-hydrogen) atoms. The number of benzene rings is 1. The van der Waals surface area contributed by atoms with Gasteiger partial charge in [0, 0.05) is 62.8 Å². The van der Waals surface area contributed by atoms with Crippen LogP contribution >= 0.6 is 0 Å². The number of nitrogens with zero attached hydrogens (tertiary/aromatic N) is 7. The largest absolute Gasteiger partial charge is 0.304 e.